The van der Waals surface area contributed by atoms with E-state index in [2.05, 4.69) is 57.8 Å². The molecule has 3 heterocycles. The summed E-state index contributed by atoms with van der Waals surface area (Å²) in [4.78, 5) is 13.0. The van der Waals surface area contributed by atoms with E-state index in [1.54, 1.807) is 0 Å². The Kier molecular flexibility index (Phi) is 9.00. The molecule has 190 valence electrons. The molecule has 4 rings (SSSR count). The molecule has 1 amide bonds. The lowest BCUT2D eigenvalue weighted by atomic mass is 9.82. The molecule has 1 saturated carbocycles. The minimum atomic E-state index is -0.0572. The van der Waals surface area contributed by atoms with Crippen molar-refractivity contribution in [3.05, 3.63) is 0 Å². The zero-order valence-corrected chi connectivity index (χ0v) is 21.0. The molecular formula is C24H47N7O2. The standard InChI is InChI=1S/C24H47N7O2/c1-5-31-22(10-16(3)30-31)23(32)27-18-7-6-15(2)21(12-18)29-24-26-9-8-20(28-24)17-11-19(33-4)14-25-13-17/h15-22,24-26,28-30H,5-14H2,1-4H3,(H,27,32). The van der Waals surface area contributed by atoms with Crippen LogP contribution in [0.3, 0.4) is 0 Å². The first-order valence-electron chi connectivity index (χ1n) is 13.3. The van der Waals surface area contributed by atoms with Crippen LogP contribution in [0, 0.1) is 11.8 Å². The second kappa shape index (κ2) is 11.7. The highest BCUT2D eigenvalue weighted by Gasteiger charge is 2.37. The van der Waals surface area contributed by atoms with Gasteiger partial charge in [0.05, 0.1) is 6.10 Å². The van der Waals surface area contributed by atoms with Crippen LogP contribution >= 0.6 is 0 Å². The van der Waals surface area contributed by atoms with Crippen LogP contribution in [0.25, 0.3) is 0 Å². The van der Waals surface area contributed by atoms with Crippen LogP contribution in [-0.2, 0) is 9.53 Å². The molecule has 3 aliphatic heterocycles. The van der Waals surface area contributed by atoms with Crippen LogP contribution in [0.15, 0.2) is 0 Å². The largest absolute Gasteiger partial charge is 0.380 e. The van der Waals surface area contributed by atoms with Gasteiger partial charge in [-0.2, -0.15) is 0 Å². The van der Waals surface area contributed by atoms with E-state index in [4.69, 9.17) is 4.74 Å². The molecular weight excluding hydrogens is 418 g/mol. The van der Waals surface area contributed by atoms with Crippen LogP contribution in [0.5, 0.6) is 0 Å². The molecule has 0 bridgehead atoms. The van der Waals surface area contributed by atoms with E-state index in [9.17, 15) is 4.79 Å². The average Bonchev–Trinajstić information content (AvgIpc) is 3.22. The molecule has 0 aromatic rings. The lowest BCUT2D eigenvalue weighted by molar-refractivity contribution is -0.127. The summed E-state index contributed by atoms with van der Waals surface area (Å²) in [6.07, 6.45) is 6.75. The van der Waals surface area contributed by atoms with Crippen molar-refractivity contribution in [1.82, 2.24) is 37.0 Å². The van der Waals surface area contributed by atoms with Crippen molar-refractivity contribution >= 4 is 5.91 Å². The average molecular weight is 466 g/mol. The summed E-state index contributed by atoms with van der Waals surface area (Å²) >= 11 is 0. The van der Waals surface area contributed by atoms with Gasteiger partial charge in [-0.1, -0.05) is 13.8 Å². The van der Waals surface area contributed by atoms with E-state index < -0.39 is 0 Å². The second-order valence-electron chi connectivity index (χ2n) is 10.8. The molecule has 9 atom stereocenters. The van der Waals surface area contributed by atoms with Crippen molar-refractivity contribution < 1.29 is 9.53 Å². The molecule has 3 saturated heterocycles. The maximum atomic E-state index is 13.0. The van der Waals surface area contributed by atoms with Gasteiger partial charge < -0.3 is 15.4 Å². The van der Waals surface area contributed by atoms with E-state index in [0.717, 1.165) is 64.7 Å². The molecule has 9 nitrogen and oxygen atoms in total. The Labute approximate surface area is 199 Å². The zero-order chi connectivity index (χ0) is 23.4. The normalized spacial score (nSPS) is 42.8. The Hall–Kier alpha value is -0.810. The van der Waals surface area contributed by atoms with Crippen molar-refractivity contribution in [3.63, 3.8) is 0 Å². The van der Waals surface area contributed by atoms with Crippen molar-refractivity contribution in [2.75, 3.05) is 33.3 Å². The number of carbonyl (C=O) groups excluding carboxylic acids is 1. The van der Waals surface area contributed by atoms with E-state index in [1.807, 2.05) is 7.11 Å². The first-order chi connectivity index (χ1) is 16.0. The molecule has 0 radical (unpaired) electrons. The number of hydrogen-bond donors (Lipinski definition) is 6. The molecule has 9 unspecified atom stereocenters. The predicted octanol–water partition coefficient (Wildman–Crippen LogP) is 0.0963. The minimum Gasteiger partial charge on any atom is -0.380 e. The van der Waals surface area contributed by atoms with Gasteiger partial charge in [-0.15, -0.1) is 0 Å². The summed E-state index contributed by atoms with van der Waals surface area (Å²) in [7, 11) is 1.82. The van der Waals surface area contributed by atoms with Gasteiger partial charge in [-0.3, -0.25) is 26.2 Å². The van der Waals surface area contributed by atoms with Gasteiger partial charge >= 0.3 is 0 Å². The summed E-state index contributed by atoms with van der Waals surface area (Å²) in [5.74, 6) is 1.37. The van der Waals surface area contributed by atoms with E-state index >= 15 is 0 Å². The number of ether oxygens (including phenoxy) is 1. The van der Waals surface area contributed by atoms with Crippen LogP contribution in [0.2, 0.25) is 0 Å². The van der Waals surface area contributed by atoms with Gasteiger partial charge in [0.1, 0.15) is 12.3 Å². The summed E-state index contributed by atoms with van der Waals surface area (Å²) in [6.45, 7) is 10.5. The molecule has 0 spiro atoms. The number of piperidine rings is 1. The molecule has 33 heavy (non-hydrogen) atoms. The Bertz CT molecular complexity index is 638. The number of likely N-dealkylation sites (N-methyl/N-ethyl adjacent to an activating group) is 1. The van der Waals surface area contributed by atoms with Gasteiger partial charge in [0, 0.05) is 44.4 Å². The highest BCUT2D eigenvalue weighted by atomic mass is 16.5. The van der Waals surface area contributed by atoms with Gasteiger partial charge in [0.25, 0.3) is 0 Å². The number of amides is 1. The summed E-state index contributed by atoms with van der Waals surface area (Å²) in [5.41, 5.74) is 3.41. The van der Waals surface area contributed by atoms with Crippen LogP contribution in [-0.4, -0.2) is 86.8 Å². The van der Waals surface area contributed by atoms with Crippen molar-refractivity contribution in [2.45, 2.75) is 102 Å². The summed E-state index contributed by atoms with van der Waals surface area (Å²) < 4.78 is 5.61. The number of carbonyl (C=O) groups is 1. The van der Waals surface area contributed by atoms with Gasteiger partial charge in [-0.05, 0) is 70.4 Å². The smallest absolute Gasteiger partial charge is 0.239 e. The van der Waals surface area contributed by atoms with E-state index in [1.165, 1.54) is 0 Å². The fourth-order valence-electron chi connectivity index (χ4n) is 6.28. The third-order valence-electron chi connectivity index (χ3n) is 8.34. The SMILES string of the molecule is CCN1NC(C)CC1C(=O)NC1CCC(C)C(NC2NCCC(C3CNCC(OC)C3)N2)C1. The molecule has 6 N–H and O–H groups in total. The number of hydrogen-bond acceptors (Lipinski definition) is 8. The third kappa shape index (κ3) is 6.45. The first kappa shape index (κ1) is 25.3. The maximum absolute atomic E-state index is 13.0. The van der Waals surface area contributed by atoms with Gasteiger partial charge in [0.15, 0.2) is 0 Å². The van der Waals surface area contributed by atoms with Crippen molar-refractivity contribution in [3.8, 4) is 0 Å². The highest BCUT2D eigenvalue weighted by Crippen LogP contribution is 2.26. The summed E-state index contributed by atoms with van der Waals surface area (Å²) in [6, 6.07) is 1.41. The van der Waals surface area contributed by atoms with Crippen LogP contribution in [0.4, 0.5) is 0 Å². The topological polar surface area (TPSA) is 102 Å². The minimum absolute atomic E-state index is 0.0572. The van der Waals surface area contributed by atoms with Crippen LogP contribution in [0.1, 0.15) is 59.3 Å². The molecule has 0 aromatic heterocycles. The molecule has 1 aliphatic carbocycles. The number of rotatable bonds is 7. The predicted molar refractivity (Wildman–Crippen MR) is 130 cm³/mol. The maximum Gasteiger partial charge on any atom is 0.239 e. The quantitative estimate of drug-likeness (QED) is 0.315. The van der Waals surface area contributed by atoms with E-state index in [-0.39, 0.29) is 24.3 Å². The second-order valence-corrected chi connectivity index (χ2v) is 10.8. The molecule has 9 heteroatoms. The Morgan fingerprint density at radius 1 is 1.12 bits per heavy atom. The highest BCUT2D eigenvalue weighted by molar-refractivity contribution is 5.82. The number of nitrogens with one attached hydrogen (secondary N) is 6. The Balaban J connectivity index is 1.28. The van der Waals surface area contributed by atoms with E-state index in [0.29, 0.717) is 36.1 Å². The molecule has 0 aromatic carbocycles. The van der Waals surface area contributed by atoms with Crippen molar-refractivity contribution in [1.29, 1.82) is 0 Å². The fraction of sp³-hybridized carbons (Fsp3) is 0.958. The molecule has 4 fully saturated rings. The lowest BCUT2D eigenvalue weighted by Crippen LogP contribution is -2.66. The molecule has 4 aliphatic rings. The lowest BCUT2D eigenvalue weighted by Gasteiger charge is -2.43. The monoisotopic (exact) mass is 465 g/mol. The first-order valence-corrected chi connectivity index (χ1v) is 13.3. The fourth-order valence-corrected chi connectivity index (χ4v) is 6.28. The summed E-state index contributed by atoms with van der Waals surface area (Å²) in [5, 5.41) is 20.3. The van der Waals surface area contributed by atoms with Gasteiger partial charge in [-0.25, -0.2) is 5.01 Å². The zero-order valence-electron chi connectivity index (χ0n) is 21.0. The Morgan fingerprint density at radius 2 is 1.97 bits per heavy atom. The number of hydrazine groups is 1. The number of methoxy groups -OCH3 is 1. The third-order valence-corrected chi connectivity index (χ3v) is 8.34. The Morgan fingerprint density at radius 3 is 2.76 bits per heavy atom. The van der Waals surface area contributed by atoms with Crippen molar-refractivity contribution in [2.24, 2.45) is 11.8 Å². The number of nitrogens with zero attached hydrogens (tertiary/aromatic N) is 1. The van der Waals surface area contributed by atoms with Crippen LogP contribution < -0.4 is 32.0 Å². The van der Waals surface area contributed by atoms with Gasteiger partial charge in [0.2, 0.25) is 5.91 Å².